The zero-order valence-corrected chi connectivity index (χ0v) is 18.1. The Morgan fingerprint density at radius 3 is 2.36 bits per heavy atom. The lowest BCUT2D eigenvalue weighted by Gasteiger charge is -2.60. The van der Waals surface area contributed by atoms with Crippen LogP contribution in [0.2, 0.25) is 19.6 Å². The van der Waals surface area contributed by atoms with Crippen LogP contribution in [0, 0.1) is 34.5 Å². The topological polar surface area (TPSA) is 26.3 Å². The van der Waals surface area contributed by atoms with E-state index < -0.39 is 8.32 Å². The maximum Gasteiger partial charge on any atom is 0.184 e. The molecular weight excluding hydrogens is 324 g/mol. The van der Waals surface area contributed by atoms with Crippen molar-refractivity contribution in [3.8, 4) is 0 Å². The molecule has 7 atom stereocenters. The predicted molar refractivity (Wildman–Crippen MR) is 105 cm³/mol. The number of Topliss-reactive ketones (excluding diaryl/α,β-unsaturated/α-hetero) is 1. The van der Waals surface area contributed by atoms with Crippen molar-refractivity contribution < 1.29 is 9.22 Å². The van der Waals surface area contributed by atoms with E-state index in [2.05, 4.69) is 33.5 Å². The van der Waals surface area contributed by atoms with Crippen molar-refractivity contribution in [1.29, 1.82) is 0 Å². The molecule has 4 fully saturated rings. The van der Waals surface area contributed by atoms with Gasteiger partial charge in [-0.25, -0.2) is 0 Å². The van der Waals surface area contributed by atoms with Crippen LogP contribution in [-0.2, 0) is 9.22 Å². The molecule has 4 aliphatic rings. The summed E-state index contributed by atoms with van der Waals surface area (Å²) >= 11 is 0. The Bertz CT molecular complexity index is 553. The smallest absolute Gasteiger partial charge is 0.184 e. The molecule has 3 heteroatoms. The molecule has 142 valence electrons. The summed E-state index contributed by atoms with van der Waals surface area (Å²) in [4.78, 5) is 12.0. The number of hydrogen-bond acceptors (Lipinski definition) is 2. The minimum absolute atomic E-state index is 0.412. The number of ketones is 1. The van der Waals surface area contributed by atoms with E-state index in [4.69, 9.17) is 4.43 Å². The van der Waals surface area contributed by atoms with Gasteiger partial charge in [0.25, 0.3) is 0 Å². The quantitative estimate of drug-likeness (QED) is 0.579. The summed E-state index contributed by atoms with van der Waals surface area (Å²) in [5.41, 5.74) is 0.852. The van der Waals surface area contributed by atoms with Crippen LogP contribution in [0.15, 0.2) is 0 Å². The Morgan fingerprint density at radius 2 is 1.64 bits per heavy atom. The molecular formula is C22H38O2Si. The molecule has 4 rings (SSSR count). The van der Waals surface area contributed by atoms with Crippen LogP contribution in [0.25, 0.3) is 0 Å². The Balaban J connectivity index is 1.57. The van der Waals surface area contributed by atoms with Gasteiger partial charge in [-0.2, -0.15) is 0 Å². The summed E-state index contributed by atoms with van der Waals surface area (Å²) in [6, 6.07) is 0. The summed E-state index contributed by atoms with van der Waals surface area (Å²) in [6.45, 7) is 12.2. The number of carbonyl (C=O) groups is 1. The van der Waals surface area contributed by atoms with Gasteiger partial charge < -0.3 is 4.43 Å². The summed E-state index contributed by atoms with van der Waals surface area (Å²) in [5, 5.41) is 0. The maximum atomic E-state index is 12.0. The van der Waals surface area contributed by atoms with Gasteiger partial charge in [0.15, 0.2) is 8.32 Å². The van der Waals surface area contributed by atoms with Crippen LogP contribution in [0.1, 0.15) is 71.6 Å². The molecule has 2 nitrogen and oxygen atoms in total. The van der Waals surface area contributed by atoms with Gasteiger partial charge in [0.2, 0.25) is 0 Å². The molecule has 0 aromatic carbocycles. The number of rotatable bonds is 2. The lowest BCUT2D eigenvalue weighted by molar-refractivity contribution is -0.141. The second kappa shape index (κ2) is 5.92. The fourth-order valence-electron chi connectivity index (χ4n) is 7.62. The Labute approximate surface area is 155 Å². The lowest BCUT2D eigenvalue weighted by atomic mass is 9.45. The fraction of sp³-hybridized carbons (Fsp3) is 0.955. The zero-order valence-electron chi connectivity index (χ0n) is 17.1. The first-order valence-corrected chi connectivity index (χ1v) is 14.2. The van der Waals surface area contributed by atoms with Gasteiger partial charge in [-0.3, -0.25) is 4.79 Å². The van der Waals surface area contributed by atoms with E-state index in [9.17, 15) is 4.79 Å². The first kappa shape index (κ1) is 18.2. The van der Waals surface area contributed by atoms with E-state index in [0.29, 0.717) is 28.6 Å². The van der Waals surface area contributed by atoms with Gasteiger partial charge in [0, 0.05) is 12.8 Å². The van der Waals surface area contributed by atoms with Gasteiger partial charge in [-0.05, 0) is 99.1 Å². The Kier molecular flexibility index (Phi) is 4.32. The standard InChI is InChI=1S/C22H38O2Si/c1-21-12-10-16(23)14-15(21)6-7-17-18-8-9-20(24-25(3,4)5)22(18,2)13-11-19(17)21/h15,17-20H,6-14H2,1-5H3/t15-,17-,18-,19-,20-,21-,22-/m0/s1. The van der Waals surface area contributed by atoms with Crippen LogP contribution in [0.5, 0.6) is 0 Å². The highest BCUT2D eigenvalue weighted by Crippen LogP contribution is 2.66. The van der Waals surface area contributed by atoms with Crippen molar-refractivity contribution in [3.63, 3.8) is 0 Å². The molecule has 0 aromatic rings. The minimum atomic E-state index is -1.48. The van der Waals surface area contributed by atoms with E-state index in [0.717, 1.165) is 37.0 Å². The molecule has 0 radical (unpaired) electrons. The highest BCUT2D eigenvalue weighted by atomic mass is 28.4. The molecule has 0 amide bonds. The maximum absolute atomic E-state index is 12.0. The summed E-state index contributed by atoms with van der Waals surface area (Å²) < 4.78 is 6.69. The molecule has 0 bridgehead atoms. The van der Waals surface area contributed by atoms with Crippen molar-refractivity contribution in [3.05, 3.63) is 0 Å². The van der Waals surface area contributed by atoms with Gasteiger partial charge in [0.05, 0.1) is 6.10 Å². The van der Waals surface area contributed by atoms with Gasteiger partial charge >= 0.3 is 0 Å². The van der Waals surface area contributed by atoms with Crippen LogP contribution in [-0.4, -0.2) is 20.2 Å². The summed E-state index contributed by atoms with van der Waals surface area (Å²) in [5.74, 6) is 3.83. The molecule has 0 saturated heterocycles. The first-order chi connectivity index (χ1) is 11.6. The van der Waals surface area contributed by atoms with Crippen LogP contribution < -0.4 is 0 Å². The Hall–Kier alpha value is -0.153. The molecule has 0 N–H and O–H groups in total. The van der Waals surface area contributed by atoms with Gasteiger partial charge in [0.1, 0.15) is 5.78 Å². The third kappa shape index (κ3) is 2.88. The van der Waals surface area contributed by atoms with Crippen molar-refractivity contribution in [1.82, 2.24) is 0 Å². The number of carbonyl (C=O) groups excluding carboxylic acids is 1. The van der Waals surface area contributed by atoms with Crippen LogP contribution in [0.3, 0.4) is 0 Å². The summed E-state index contributed by atoms with van der Waals surface area (Å²) in [7, 11) is -1.48. The van der Waals surface area contributed by atoms with Crippen molar-refractivity contribution in [2.45, 2.75) is 97.4 Å². The molecule has 4 saturated carbocycles. The van der Waals surface area contributed by atoms with Crippen molar-refractivity contribution in [2.24, 2.45) is 34.5 Å². The molecule has 0 spiro atoms. The van der Waals surface area contributed by atoms with Gasteiger partial charge in [-0.1, -0.05) is 13.8 Å². The zero-order chi connectivity index (χ0) is 18.0. The lowest BCUT2D eigenvalue weighted by Crippen LogP contribution is -2.54. The Morgan fingerprint density at radius 1 is 0.920 bits per heavy atom. The van der Waals surface area contributed by atoms with E-state index in [1.54, 1.807) is 0 Å². The first-order valence-electron chi connectivity index (χ1n) is 10.8. The van der Waals surface area contributed by atoms with Crippen LogP contribution in [0.4, 0.5) is 0 Å². The fourth-order valence-corrected chi connectivity index (χ4v) is 8.86. The van der Waals surface area contributed by atoms with E-state index in [1.165, 1.54) is 38.5 Å². The predicted octanol–water partition coefficient (Wildman–Crippen LogP) is 5.82. The highest BCUT2D eigenvalue weighted by molar-refractivity contribution is 6.69. The SMILES string of the molecule is C[C@]12CCC(=O)C[C@@H]1CC[C@@H]1[C@@H]2CC[C@]2(C)[C@@H](O[Si](C)(C)C)CC[C@@H]12. The molecule has 0 unspecified atom stereocenters. The monoisotopic (exact) mass is 362 g/mol. The largest absolute Gasteiger partial charge is 0.414 e. The molecule has 0 aliphatic heterocycles. The second-order valence-corrected chi connectivity index (χ2v) is 15.7. The average molecular weight is 363 g/mol. The molecule has 4 aliphatic carbocycles. The molecule has 0 heterocycles. The molecule has 25 heavy (non-hydrogen) atoms. The normalized spacial score (nSPS) is 50.1. The average Bonchev–Trinajstić information content (AvgIpc) is 2.83. The van der Waals surface area contributed by atoms with E-state index in [1.807, 2.05) is 0 Å². The minimum Gasteiger partial charge on any atom is -0.414 e. The van der Waals surface area contributed by atoms with E-state index in [-0.39, 0.29) is 0 Å². The number of hydrogen-bond donors (Lipinski definition) is 0. The summed E-state index contributed by atoms with van der Waals surface area (Å²) in [6.07, 6.45) is 11.5. The second-order valence-electron chi connectivity index (χ2n) is 11.2. The third-order valence-electron chi connectivity index (χ3n) is 8.89. The highest BCUT2D eigenvalue weighted by Gasteiger charge is 2.60. The van der Waals surface area contributed by atoms with Crippen molar-refractivity contribution >= 4 is 14.1 Å². The number of fused-ring (bicyclic) bond motifs is 5. The van der Waals surface area contributed by atoms with E-state index >= 15 is 0 Å². The van der Waals surface area contributed by atoms with Crippen molar-refractivity contribution in [2.75, 3.05) is 0 Å². The van der Waals surface area contributed by atoms with Gasteiger partial charge in [-0.15, -0.1) is 0 Å². The third-order valence-corrected chi connectivity index (χ3v) is 9.88. The molecule has 0 aromatic heterocycles. The van der Waals surface area contributed by atoms with Crippen LogP contribution >= 0.6 is 0 Å².